The maximum Gasteiger partial charge on any atom is 0.432 e. The van der Waals surface area contributed by atoms with E-state index >= 15 is 0 Å². The molecule has 1 aliphatic rings. The standard InChI is InChI=1S/C23H13F6N5/c1-11-15-8-13(4-7-18(15)34-33-11)19-16(9-30)20(32-21(17(19)10-31)23(27,28)29)12-2-5-14(6-3-12)22(24,25)26/h2-8,19,32H,1H3,(H,33,34). The summed E-state index contributed by atoms with van der Waals surface area (Å²) >= 11 is 0. The molecule has 1 atom stereocenters. The van der Waals surface area contributed by atoms with Crippen LogP contribution in [-0.4, -0.2) is 16.4 Å². The molecule has 5 nitrogen and oxygen atoms in total. The number of nitrogens with one attached hydrogen (secondary N) is 2. The van der Waals surface area contributed by atoms with E-state index in [1.54, 1.807) is 19.1 Å². The van der Waals surface area contributed by atoms with Crippen molar-refractivity contribution in [1.82, 2.24) is 15.5 Å². The summed E-state index contributed by atoms with van der Waals surface area (Å²) in [5.41, 5.74) is -2.30. The van der Waals surface area contributed by atoms with Gasteiger partial charge in [-0.05, 0) is 42.3 Å². The first-order chi connectivity index (χ1) is 16.0. The van der Waals surface area contributed by atoms with Gasteiger partial charge < -0.3 is 5.32 Å². The highest BCUT2D eigenvalue weighted by Gasteiger charge is 2.44. The fourth-order valence-corrected chi connectivity index (χ4v) is 3.89. The molecule has 0 saturated carbocycles. The van der Waals surface area contributed by atoms with Gasteiger partial charge in [0.2, 0.25) is 0 Å². The largest absolute Gasteiger partial charge is 0.432 e. The van der Waals surface area contributed by atoms with Crippen molar-refractivity contribution < 1.29 is 26.3 Å². The zero-order chi connectivity index (χ0) is 24.8. The van der Waals surface area contributed by atoms with E-state index in [9.17, 15) is 36.9 Å². The lowest BCUT2D eigenvalue weighted by Gasteiger charge is -2.30. The number of nitriles is 2. The maximum absolute atomic E-state index is 13.9. The van der Waals surface area contributed by atoms with E-state index in [-0.39, 0.29) is 22.4 Å². The van der Waals surface area contributed by atoms with E-state index in [0.717, 1.165) is 12.1 Å². The van der Waals surface area contributed by atoms with Crippen molar-refractivity contribution in [3.05, 3.63) is 81.7 Å². The van der Waals surface area contributed by atoms with Gasteiger partial charge in [0.15, 0.2) is 0 Å². The molecule has 0 bridgehead atoms. The first kappa shape index (κ1) is 22.9. The van der Waals surface area contributed by atoms with Crippen molar-refractivity contribution in [2.24, 2.45) is 0 Å². The predicted octanol–water partition coefficient (Wildman–Crippen LogP) is 5.85. The van der Waals surface area contributed by atoms with Crippen LogP contribution >= 0.6 is 0 Å². The van der Waals surface area contributed by atoms with E-state index in [2.05, 4.69) is 15.5 Å². The number of dihydropyridines is 1. The average Bonchev–Trinajstić information content (AvgIpc) is 3.16. The van der Waals surface area contributed by atoms with Gasteiger partial charge in [0, 0.05) is 5.39 Å². The van der Waals surface area contributed by atoms with Crippen molar-refractivity contribution in [3.8, 4) is 12.1 Å². The maximum atomic E-state index is 13.9. The highest BCUT2D eigenvalue weighted by molar-refractivity contribution is 5.84. The molecule has 11 heteroatoms. The Balaban J connectivity index is 1.97. The molecule has 0 saturated heterocycles. The van der Waals surface area contributed by atoms with Crippen LogP contribution in [0.2, 0.25) is 0 Å². The van der Waals surface area contributed by atoms with E-state index in [4.69, 9.17) is 0 Å². The second kappa shape index (κ2) is 7.96. The lowest BCUT2D eigenvalue weighted by atomic mass is 9.79. The molecule has 4 rings (SSSR count). The zero-order valence-corrected chi connectivity index (χ0v) is 17.2. The number of H-pyrrole nitrogens is 1. The number of aromatic amines is 1. The molecule has 2 heterocycles. The zero-order valence-electron chi connectivity index (χ0n) is 17.2. The van der Waals surface area contributed by atoms with Gasteiger partial charge in [-0.15, -0.1) is 0 Å². The first-order valence-corrected chi connectivity index (χ1v) is 9.70. The highest BCUT2D eigenvalue weighted by Crippen LogP contribution is 2.44. The number of hydrogen-bond donors (Lipinski definition) is 2. The van der Waals surface area contributed by atoms with Crippen molar-refractivity contribution in [3.63, 3.8) is 0 Å². The van der Waals surface area contributed by atoms with Gasteiger partial charge in [-0.1, -0.05) is 18.2 Å². The number of alkyl halides is 6. The Morgan fingerprint density at radius 2 is 1.53 bits per heavy atom. The summed E-state index contributed by atoms with van der Waals surface area (Å²) in [6.45, 7) is 1.68. The van der Waals surface area contributed by atoms with Crippen LogP contribution in [0, 0.1) is 29.6 Å². The molecule has 172 valence electrons. The molecule has 1 aliphatic heterocycles. The van der Waals surface area contributed by atoms with Gasteiger partial charge in [0.25, 0.3) is 0 Å². The molecule has 2 aromatic carbocycles. The van der Waals surface area contributed by atoms with E-state index in [1.165, 1.54) is 12.1 Å². The Bertz CT molecular complexity index is 1430. The molecule has 2 N–H and O–H groups in total. The molecule has 34 heavy (non-hydrogen) atoms. The lowest BCUT2D eigenvalue weighted by Crippen LogP contribution is -2.33. The predicted molar refractivity (Wildman–Crippen MR) is 109 cm³/mol. The molecule has 0 radical (unpaired) electrons. The highest BCUT2D eigenvalue weighted by atomic mass is 19.4. The molecule has 1 unspecified atom stereocenters. The lowest BCUT2D eigenvalue weighted by molar-refractivity contribution is -0.137. The number of aryl methyl sites for hydroxylation is 1. The van der Waals surface area contributed by atoms with Crippen molar-refractivity contribution in [2.75, 3.05) is 0 Å². The quantitative estimate of drug-likeness (QED) is 0.457. The van der Waals surface area contributed by atoms with Crippen molar-refractivity contribution >= 4 is 16.6 Å². The second-order valence-electron chi connectivity index (χ2n) is 7.55. The molecule has 0 spiro atoms. The summed E-state index contributed by atoms with van der Waals surface area (Å²) in [7, 11) is 0. The number of fused-ring (bicyclic) bond motifs is 1. The van der Waals surface area contributed by atoms with Crippen LogP contribution < -0.4 is 5.32 Å². The molecule has 3 aromatic rings. The summed E-state index contributed by atoms with van der Waals surface area (Å²) < 4.78 is 80.7. The van der Waals surface area contributed by atoms with Crippen LogP contribution in [-0.2, 0) is 6.18 Å². The fraction of sp³-hybridized carbons (Fsp3) is 0.174. The van der Waals surface area contributed by atoms with Crippen LogP contribution in [0.1, 0.15) is 28.3 Å². The number of hydrogen-bond acceptors (Lipinski definition) is 4. The smallest absolute Gasteiger partial charge is 0.349 e. The monoisotopic (exact) mass is 473 g/mol. The Labute approximate surface area is 188 Å². The molecule has 0 amide bonds. The third kappa shape index (κ3) is 3.86. The third-order valence-electron chi connectivity index (χ3n) is 5.50. The number of rotatable bonds is 2. The number of benzene rings is 2. The normalized spacial score (nSPS) is 16.9. The van der Waals surface area contributed by atoms with Crippen LogP contribution in [0.15, 0.2) is 59.3 Å². The Morgan fingerprint density at radius 1 is 0.882 bits per heavy atom. The number of halogens is 6. The van der Waals surface area contributed by atoms with Gasteiger partial charge in [0.05, 0.1) is 51.7 Å². The van der Waals surface area contributed by atoms with Crippen LogP contribution in [0.4, 0.5) is 26.3 Å². The first-order valence-electron chi connectivity index (χ1n) is 9.70. The average molecular weight is 473 g/mol. The summed E-state index contributed by atoms with van der Waals surface area (Å²) in [6.07, 6.45) is -9.63. The number of nitrogens with zero attached hydrogens (tertiary/aromatic N) is 3. The third-order valence-corrected chi connectivity index (χ3v) is 5.50. The SMILES string of the molecule is Cc1n[nH]c2ccc(C3C(C#N)=C(c4ccc(C(F)(F)F)cc4)NC(C(F)(F)F)=C3C#N)cc12. The topological polar surface area (TPSA) is 88.3 Å². The van der Waals surface area contributed by atoms with Gasteiger partial charge in [-0.25, -0.2) is 0 Å². The van der Waals surface area contributed by atoms with Gasteiger partial charge >= 0.3 is 12.4 Å². The van der Waals surface area contributed by atoms with Crippen molar-refractivity contribution in [1.29, 1.82) is 10.5 Å². The Hall–Kier alpha value is -4.25. The van der Waals surface area contributed by atoms with Crippen LogP contribution in [0.25, 0.3) is 16.6 Å². The van der Waals surface area contributed by atoms with E-state index in [1.807, 2.05) is 6.07 Å². The summed E-state index contributed by atoms with van der Waals surface area (Å²) in [5.74, 6) is -1.40. The molecule has 0 aliphatic carbocycles. The van der Waals surface area contributed by atoms with Gasteiger partial charge in [0.1, 0.15) is 5.70 Å². The van der Waals surface area contributed by atoms with Crippen LogP contribution in [0.5, 0.6) is 0 Å². The Kier molecular flexibility index (Phi) is 5.37. The minimum Gasteiger partial charge on any atom is -0.349 e. The molecule has 1 aromatic heterocycles. The fourth-order valence-electron chi connectivity index (χ4n) is 3.89. The Morgan fingerprint density at radius 3 is 2.09 bits per heavy atom. The minimum absolute atomic E-state index is 0.0612. The second-order valence-corrected chi connectivity index (χ2v) is 7.55. The number of allylic oxidation sites excluding steroid dienone is 3. The number of aromatic nitrogens is 2. The summed E-state index contributed by atoms with van der Waals surface area (Å²) in [5, 5.41) is 29.1. The molecular formula is C23H13F6N5. The van der Waals surface area contributed by atoms with Gasteiger partial charge in [-0.2, -0.15) is 42.0 Å². The van der Waals surface area contributed by atoms with Gasteiger partial charge in [-0.3, -0.25) is 5.10 Å². The summed E-state index contributed by atoms with van der Waals surface area (Å²) in [6, 6.07) is 11.4. The minimum atomic E-state index is -4.99. The molecular weight excluding hydrogens is 460 g/mol. The summed E-state index contributed by atoms with van der Waals surface area (Å²) in [4.78, 5) is 0. The molecule has 0 fully saturated rings. The van der Waals surface area contributed by atoms with Crippen LogP contribution in [0.3, 0.4) is 0 Å². The van der Waals surface area contributed by atoms with Crippen molar-refractivity contribution in [2.45, 2.75) is 25.2 Å². The van der Waals surface area contributed by atoms with E-state index < -0.39 is 35.1 Å². The van der Waals surface area contributed by atoms with E-state index in [0.29, 0.717) is 28.7 Å².